The lowest BCUT2D eigenvalue weighted by Crippen LogP contribution is -2.52. The summed E-state index contributed by atoms with van der Waals surface area (Å²) >= 11 is 0. The van der Waals surface area contributed by atoms with Crippen LogP contribution in [-0.4, -0.2) is 40.5 Å². The molecule has 110 valence electrons. The zero-order valence-corrected chi connectivity index (χ0v) is 12.0. The van der Waals surface area contributed by atoms with Crippen molar-refractivity contribution in [1.82, 2.24) is 4.90 Å². The van der Waals surface area contributed by atoms with Gasteiger partial charge >= 0.3 is 5.97 Å². The summed E-state index contributed by atoms with van der Waals surface area (Å²) < 4.78 is 0. The molecule has 0 saturated carbocycles. The van der Waals surface area contributed by atoms with Crippen molar-refractivity contribution < 1.29 is 14.7 Å². The summed E-state index contributed by atoms with van der Waals surface area (Å²) in [6, 6.07) is 0. The smallest absolute Gasteiger partial charge is 0.329 e. The van der Waals surface area contributed by atoms with Gasteiger partial charge in [-0.15, -0.1) is 0 Å². The molecule has 0 bridgehead atoms. The number of amides is 1. The Morgan fingerprint density at radius 2 is 2.11 bits per heavy atom. The van der Waals surface area contributed by atoms with Crippen LogP contribution in [0.25, 0.3) is 0 Å². The summed E-state index contributed by atoms with van der Waals surface area (Å²) in [6.45, 7) is 5.13. The van der Waals surface area contributed by atoms with Gasteiger partial charge in [0, 0.05) is 13.0 Å². The lowest BCUT2D eigenvalue weighted by atomic mass is 9.92. The van der Waals surface area contributed by atoms with Crippen molar-refractivity contribution in [3.05, 3.63) is 0 Å². The molecule has 3 N–H and O–H groups in total. The number of aliphatic carboxylic acids is 1. The summed E-state index contributed by atoms with van der Waals surface area (Å²) in [4.78, 5) is 25.4. The highest BCUT2D eigenvalue weighted by molar-refractivity contribution is 5.87. The van der Waals surface area contributed by atoms with E-state index in [1.54, 1.807) is 4.90 Å². The molecule has 1 amide bonds. The number of rotatable bonds is 7. The largest absolute Gasteiger partial charge is 0.479 e. The predicted octanol–water partition coefficient (Wildman–Crippen LogP) is 1.61. The first kappa shape index (κ1) is 16.0. The molecule has 5 nitrogen and oxygen atoms in total. The third-order valence-electron chi connectivity index (χ3n) is 4.28. The van der Waals surface area contributed by atoms with Crippen LogP contribution in [0.1, 0.15) is 52.4 Å². The Balaban J connectivity index is 2.62. The fourth-order valence-corrected chi connectivity index (χ4v) is 2.92. The van der Waals surface area contributed by atoms with Crippen LogP contribution in [0.15, 0.2) is 0 Å². The maximum atomic E-state index is 12.3. The zero-order valence-electron chi connectivity index (χ0n) is 12.0. The second-order valence-corrected chi connectivity index (χ2v) is 5.56. The van der Waals surface area contributed by atoms with Crippen LogP contribution in [0.2, 0.25) is 0 Å². The van der Waals surface area contributed by atoms with Crippen LogP contribution >= 0.6 is 0 Å². The van der Waals surface area contributed by atoms with E-state index in [0.717, 1.165) is 19.3 Å². The Hall–Kier alpha value is -1.10. The average molecular weight is 270 g/mol. The summed E-state index contributed by atoms with van der Waals surface area (Å²) in [5.74, 6) is -0.473. The van der Waals surface area contributed by atoms with Crippen LogP contribution in [0.5, 0.6) is 0 Å². The molecule has 0 spiro atoms. The van der Waals surface area contributed by atoms with Crippen molar-refractivity contribution in [2.75, 3.05) is 13.1 Å². The summed E-state index contributed by atoms with van der Waals surface area (Å²) in [5, 5.41) is 9.43. The number of carbonyl (C=O) groups is 2. The first-order chi connectivity index (χ1) is 8.97. The van der Waals surface area contributed by atoms with Gasteiger partial charge in [-0.1, -0.05) is 13.8 Å². The quantitative estimate of drug-likeness (QED) is 0.736. The molecule has 1 aliphatic heterocycles. The molecule has 1 rings (SSSR count). The van der Waals surface area contributed by atoms with E-state index in [-0.39, 0.29) is 5.91 Å². The van der Waals surface area contributed by atoms with E-state index in [9.17, 15) is 14.7 Å². The van der Waals surface area contributed by atoms with Crippen LogP contribution < -0.4 is 5.73 Å². The molecule has 0 aromatic heterocycles. The lowest BCUT2D eigenvalue weighted by Gasteiger charge is -2.34. The highest BCUT2D eigenvalue weighted by Gasteiger charge is 2.48. The van der Waals surface area contributed by atoms with E-state index in [1.165, 1.54) is 0 Å². The topological polar surface area (TPSA) is 83.6 Å². The van der Waals surface area contributed by atoms with Gasteiger partial charge in [-0.25, -0.2) is 4.79 Å². The first-order valence-electron chi connectivity index (χ1n) is 7.22. The van der Waals surface area contributed by atoms with Gasteiger partial charge in [0.15, 0.2) is 0 Å². The first-order valence-corrected chi connectivity index (χ1v) is 7.22. The minimum absolute atomic E-state index is 0.0226. The molecule has 1 heterocycles. The van der Waals surface area contributed by atoms with Gasteiger partial charge in [0.1, 0.15) is 5.54 Å². The van der Waals surface area contributed by atoms with Crippen molar-refractivity contribution in [2.45, 2.75) is 57.9 Å². The Labute approximate surface area is 115 Å². The van der Waals surface area contributed by atoms with Crippen molar-refractivity contribution in [1.29, 1.82) is 0 Å². The Bertz CT molecular complexity index is 333. The molecule has 1 fully saturated rings. The molecule has 0 aromatic carbocycles. The fourth-order valence-electron chi connectivity index (χ4n) is 2.92. The molecular weight excluding hydrogens is 244 g/mol. The van der Waals surface area contributed by atoms with Crippen molar-refractivity contribution in [3.63, 3.8) is 0 Å². The van der Waals surface area contributed by atoms with Gasteiger partial charge in [-0.2, -0.15) is 0 Å². The third-order valence-corrected chi connectivity index (χ3v) is 4.28. The Morgan fingerprint density at radius 1 is 1.42 bits per heavy atom. The normalized spacial score (nSPS) is 24.5. The lowest BCUT2D eigenvalue weighted by molar-refractivity contribution is -0.157. The van der Waals surface area contributed by atoms with Gasteiger partial charge in [-0.05, 0) is 44.6 Å². The number of likely N-dealkylation sites (tertiary alicyclic amines) is 1. The Morgan fingerprint density at radius 3 is 2.63 bits per heavy atom. The number of carboxylic acid groups (broad SMARTS) is 1. The van der Waals surface area contributed by atoms with E-state index < -0.39 is 11.5 Å². The molecule has 2 atom stereocenters. The number of nitrogens with zero attached hydrogens (tertiary/aromatic N) is 1. The summed E-state index contributed by atoms with van der Waals surface area (Å²) in [7, 11) is 0. The monoisotopic (exact) mass is 270 g/mol. The van der Waals surface area contributed by atoms with Gasteiger partial charge < -0.3 is 15.7 Å². The van der Waals surface area contributed by atoms with Crippen LogP contribution in [0.4, 0.5) is 0 Å². The van der Waals surface area contributed by atoms with E-state index in [4.69, 9.17) is 5.73 Å². The van der Waals surface area contributed by atoms with E-state index in [2.05, 4.69) is 6.92 Å². The summed E-state index contributed by atoms with van der Waals surface area (Å²) in [5.41, 5.74) is 4.53. The van der Waals surface area contributed by atoms with Crippen LogP contribution in [-0.2, 0) is 9.59 Å². The zero-order chi connectivity index (χ0) is 14.5. The maximum Gasteiger partial charge on any atom is 0.329 e. The molecule has 0 radical (unpaired) electrons. The van der Waals surface area contributed by atoms with Gasteiger partial charge in [0.2, 0.25) is 5.91 Å². The van der Waals surface area contributed by atoms with Gasteiger partial charge in [-0.3, -0.25) is 4.79 Å². The minimum Gasteiger partial charge on any atom is -0.479 e. The van der Waals surface area contributed by atoms with E-state index >= 15 is 0 Å². The maximum absolute atomic E-state index is 12.3. The predicted molar refractivity (Wildman–Crippen MR) is 73.7 cm³/mol. The Kier molecular flexibility index (Phi) is 5.79. The average Bonchev–Trinajstić information content (AvgIpc) is 2.81. The molecule has 5 heteroatoms. The molecule has 0 aromatic rings. The highest BCUT2D eigenvalue weighted by atomic mass is 16.4. The molecule has 0 aliphatic carbocycles. The highest BCUT2D eigenvalue weighted by Crippen LogP contribution is 2.33. The van der Waals surface area contributed by atoms with Crippen LogP contribution in [0.3, 0.4) is 0 Å². The SMILES string of the molecule is CCC1(C(=O)O)CCCN1C(=O)CCC(C)CCN. The molecular formula is C14H26N2O3. The number of hydrogen-bond donors (Lipinski definition) is 2. The molecule has 1 saturated heterocycles. The molecule has 2 unspecified atom stereocenters. The van der Waals surface area contributed by atoms with Crippen molar-refractivity contribution >= 4 is 11.9 Å². The second kappa shape index (κ2) is 6.89. The fraction of sp³-hybridized carbons (Fsp3) is 0.857. The minimum atomic E-state index is -0.964. The van der Waals surface area contributed by atoms with Crippen molar-refractivity contribution in [3.8, 4) is 0 Å². The van der Waals surface area contributed by atoms with Gasteiger partial charge in [0.05, 0.1) is 0 Å². The number of nitrogens with two attached hydrogens (primary N) is 1. The van der Waals surface area contributed by atoms with Crippen molar-refractivity contribution in [2.24, 2.45) is 11.7 Å². The molecule has 1 aliphatic rings. The second-order valence-electron chi connectivity index (χ2n) is 5.56. The number of hydrogen-bond acceptors (Lipinski definition) is 3. The van der Waals surface area contributed by atoms with Gasteiger partial charge in [0.25, 0.3) is 0 Å². The molecule has 19 heavy (non-hydrogen) atoms. The van der Waals surface area contributed by atoms with E-state index in [1.807, 2.05) is 6.92 Å². The third kappa shape index (κ3) is 3.47. The standard InChI is InChI=1S/C14H26N2O3/c1-3-14(13(18)19)8-4-10-16(14)12(17)6-5-11(2)7-9-15/h11H,3-10,15H2,1-2H3,(H,18,19). The summed E-state index contributed by atoms with van der Waals surface area (Å²) in [6.07, 6.45) is 3.95. The van der Waals surface area contributed by atoms with Crippen LogP contribution in [0, 0.1) is 5.92 Å². The number of carbonyl (C=O) groups excluding carboxylic acids is 1. The van der Waals surface area contributed by atoms with E-state index in [0.29, 0.717) is 38.3 Å². The number of carboxylic acids is 1.